The average molecular weight is 386 g/mol. The summed E-state index contributed by atoms with van der Waals surface area (Å²) in [6.45, 7) is 0.812. The lowest BCUT2D eigenvalue weighted by Gasteiger charge is -2.25. The highest BCUT2D eigenvalue weighted by molar-refractivity contribution is 6.46. The van der Waals surface area contributed by atoms with Crippen LogP contribution in [0.5, 0.6) is 0 Å². The van der Waals surface area contributed by atoms with Crippen molar-refractivity contribution < 1.29 is 19.4 Å². The minimum Gasteiger partial charge on any atom is -0.507 e. The molecule has 1 atom stereocenters. The summed E-state index contributed by atoms with van der Waals surface area (Å²) in [4.78, 5) is 26.9. The Morgan fingerprint density at radius 1 is 1.11 bits per heavy atom. The number of aliphatic hydroxyl groups excluding tert-OH is 1. The second kappa shape index (κ2) is 8.37. The normalized spacial score (nSPS) is 18.9. The fourth-order valence-electron chi connectivity index (χ4n) is 3.23. The Balaban J connectivity index is 2.10. The molecule has 0 saturated carbocycles. The first-order valence-electron chi connectivity index (χ1n) is 8.63. The van der Waals surface area contributed by atoms with Gasteiger partial charge < -0.3 is 14.7 Å². The monoisotopic (exact) mass is 385 g/mol. The summed E-state index contributed by atoms with van der Waals surface area (Å²) in [5.74, 6) is -1.49. The van der Waals surface area contributed by atoms with E-state index in [1.54, 1.807) is 55.6 Å². The van der Waals surface area contributed by atoms with Gasteiger partial charge in [0.2, 0.25) is 0 Å². The van der Waals surface area contributed by atoms with Crippen molar-refractivity contribution >= 4 is 29.1 Å². The van der Waals surface area contributed by atoms with E-state index >= 15 is 0 Å². The maximum absolute atomic E-state index is 12.7. The number of ketones is 1. The number of methoxy groups -OCH3 is 1. The number of amides is 1. The van der Waals surface area contributed by atoms with Crippen molar-refractivity contribution in [1.29, 1.82) is 0 Å². The predicted molar refractivity (Wildman–Crippen MR) is 103 cm³/mol. The molecule has 1 amide bonds. The maximum atomic E-state index is 12.7. The highest BCUT2D eigenvalue weighted by Gasteiger charge is 2.45. The molecule has 6 heteroatoms. The third-order valence-electron chi connectivity index (χ3n) is 4.52. The summed E-state index contributed by atoms with van der Waals surface area (Å²) in [5.41, 5.74) is 1.30. The number of nitrogens with zero attached hydrogens (tertiary/aromatic N) is 1. The van der Waals surface area contributed by atoms with Crippen molar-refractivity contribution in [2.45, 2.75) is 12.5 Å². The molecule has 1 unspecified atom stereocenters. The van der Waals surface area contributed by atoms with Gasteiger partial charge in [-0.15, -0.1) is 0 Å². The molecule has 3 rings (SSSR count). The minimum absolute atomic E-state index is 0.0888. The zero-order valence-electron chi connectivity index (χ0n) is 14.9. The van der Waals surface area contributed by atoms with Gasteiger partial charge in [0.05, 0.1) is 11.6 Å². The molecule has 5 nitrogen and oxygen atoms in total. The largest absolute Gasteiger partial charge is 0.507 e. The lowest BCUT2D eigenvalue weighted by atomic mass is 9.95. The first-order chi connectivity index (χ1) is 13.0. The third kappa shape index (κ3) is 3.89. The van der Waals surface area contributed by atoms with E-state index in [0.717, 1.165) is 0 Å². The SMILES string of the molecule is COCCCN1C(=O)C(=O)/C(=C(/O)c2ccccc2)C1c1ccc(Cl)cc1. The molecule has 1 fully saturated rings. The number of hydrogen-bond acceptors (Lipinski definition) is 4. The van der Waals surface area contributed by atoms with Crippen LogP contribution in [-0.4, -0.2) is 42.0 Å². The summed E-state index contributed by atoms with van der Waals surface area (Å²) < 4.78 is 5.06. The second-order valence-electron chi connectivity index (χ2n) is 6.26. The van der Waals surface area contributed by atoms with Crippen LogP contribution in [0.4, 0.5) is 0 Å². The summed E-state index contributed by atoms with van der Waals surface area (Å²) in [7, 11) is 1.58. The van der Waals surface area contributed by atoms with Crippen LogP contribution in [0.1, 0.15) is 23.6 Å². The van der Waals surface area contributed by atoms with E-state index in [-0.39, 0.29) is 11.3 Å². The Labute approximate surface area is 162 Å². The Morgan fingerprint density at radius 2 is 1.78 bits per heavy atom. The highest BCUT2D eigenvalue weighted by atomic mass is 35.5. The molecule has 1 saturated heterocycles. The van der Waals surface area contributed by atoms with Crippen molar-refractivity contribution in [2.75, 3.05) is 20.3 Å². The lowest BCUT2D eigenvalue weighted by Crippen LogP contribution is -2.31. The summed E-state index contributed by atoms with van der Waals surface area (Å²) in [5, 5.41) is 11.4. The molecule has 1 N–H and O–H groups in total. The third-order valence-corrected chi connectivity index (χ3v) is 4.77. The Hall–Kier alpha value is -2.63. The Morgan fingerprint density at radius 3 is 2.41 bits per heavy atom. The molecule has 140 valence electrons. The summed E-state index contributed by atoms with van der Waals surface area (Å²) >= 11 is 5.98. The smallest absolute Gasteiger partial charge is 0.295 e. The van der Waals surface area contributed by atoms with Crippen LogP contribution >= 0.6 is 11.6 Å². The summed E-state index contributed by atoms with van der Waals surface area (Å²) in [6, 6.07) is 15.0. The fourth-order valence-corrected chi connectivity index (χ4v) is 3.36. The van der Waals surface area contributed by atoms with E-state index in [2.05, 4.69) is 0 Å². The molecule has 27 heavy (non-hydrogen) atoms. The molecular weight excluding hydrogens is 366 g/mol. The number of hydrogen-bond donors (Lipinski definition) is 1. The first-order valence-corrected chi connectivity index (χ1v) is 9.00. The van der Waals surface area contributed by atoms with Crippen molar-refractivity contribution in [3.8, 4) is 0 Å². The average Bonchev–Trinajstić information content (AvgIpc) is 2.94. The molecule has 0 aromatic heterocycles. The minimum atomic E-state index is -0.686. The maximum Gasteiger partial charge on any atom is 0.295 e. The van der Waals surface area contributed by atoms with Crippen LogP contribution in [0.3, 0.4) is 0 Å². The van der Waals surface area contributed by atoms with Gasteiger partial charge in [-0.25, -0.2) is 0 Å². The van der Waals surface area contributed by atoms with E-state index in [1.165, 1.54) is 4.90 Å². The van der Waals surface area contributed by atoms with E-state index in [4.69, 9.17) is 16.3 Å². The topological polar surface area (TPSA) is 66.8 Å². The van der Waals surface area contributed by atoms with E-state index in [9.17, 15) is 14.7 Å². The number of rotatable bonds is 6. The van der Waals surface area contributed by atoms with Crippen LogP contribution in [-0.2, 0) is 14.3 Å². The van der Waals surface area contributed by atoms with Gasteiger partial charge in [0.25, 0.3) is 11.7 Å². The molecule has 1 aliphatic rings. The van der Waals surface area contributed by atoms with Crippen molar-refractivity contribution in [3.63, 3.8) is 0 Å². The fraction of sp³-hybridized carbons (Fsp3) is 0.238. The number of halogens is 1. The molecular formula is C21H20ClNO4. The van der Waals surface area contributed by atoms with Gasteiger partial charge in [-0.2, -0.15) is 0 Å². The van der Waals surface area contributed by atoms with Crippen LogP contribution < -0.4 is 0 Å². The van der Waals surface area contributed by atoms with Gasteiger partial charge in [0.15, 0.2) is 0 Å². The standard InChI is InChI=1S/C21H20ClNO4/c1-27-13-5-12-23-18(14-8-10-16(22)11-9-14)17(20(25)21(23)26)19(24)15-6-3-2-4-7-15/h2-4,6-11,18,24H,5,12-13H2,1H3/b19-17+. The predicted octanol–water partition coefficient (Wildman–Crippen LogP) is 3.80. The van der Waals surface area contributed by atoms with Crippen molar-refractivity contribution in [2.24, 2.45) is 0 Å². The van der Waals surface area contributed by atoms with Crippen LogP contribution in [0.25, 0.3) is 5.76 Å². The quantitative estimate of drug-likeness (QED) is 0.355. The van der Waals surface area contributed by atoms with Gasteiger partial charge in [-0.05, 0) is 24.1 Å². The number of likely N-dealkylation sites (tertiary alicyclic amines) is 1. The molecule has 0 bridgehead atoms. The zero-order valence-corrected chi connectivity index (χ0v) is 15.6. The van der Waals surface area contributed by atoms with E-state index < -0.39 is 17.7 Å². The Bertz CT molecular complexity index is 862. The van der Waals surface area contributed by atoms with Gasteiger partial charge in [0.1, 0.15) is 5.76 Å². The zero-order chi connectivity index (χ0) is 19.4. The number of ether oxygens (including phenoxy) is 1. The second-order valence-corrected chi connectivity index (χ2v) is 6.69. The number of aliphatic hydroxyl groups is 1. The molecule has 2 aromatic rings. The molecule has 0 spiro atoms. The number of carbonyl (C=O) groups excluding carboxylic acids is 2. The summed E-state index contributed by atoms with van der Waals surface area (Å²) in [6.07, 6.45) is 0.582. The van der Waals surface area contributed by atoms with Crippen molar-refractivity contribution in [3.05, 3.63) is 76.3 Å². The van der Waals surface area contributed by atoms with Gasteiger partial charge in [-0.1, -0.05) is 54.1 Å². The highest BCUT2D eigenvalue weighted by Crippen LogP contribution is 2.39. The number of carbonyl (C=O) groups is 2. The van der Waals surface area contributed by atoms with Gasteiger partial charge in [-0.3, -0.25) is 9.59 Å². The van der Waals surface area contributed by atoms with E-state index in [1.807, 2.05) is 6.07 Å². The van der Waals surface area contributed by atoms with Crippen LogP contribution in [0.15, 0.2) is 60.2 Å². The van der Waals surface area contributed by atoms with Crippen LogP contribution in [0, 0.1) is 0 Å². The van der Waals surface area contributed by atoms with E-state index in [0.29, 0.717) is 35.7 Å². The number of benzene rings is 2. The molecule has 1 heterocycles. The molecule has 0 radical (unpaired) electrons. The Kier molecular flexibility index (Phi) is 5.94. The first kappa shape index (κ1) is 19.1. The molecule has 0 aliphatic carbocycles. The molecule has 1 aliphatic heterocycles. The van der Waals surface area contributed by atoms with Gasteiger partial charge in [0, 0.05) is 30.8 Å². The van der Waals surface area contributed by atoms with Gasteiger partial charge >= 0.3 is 0 Å². The number of Topliss-reactive ketones (excluding diaryl/α,β-unsaturated/α-hetero) is 1. The lowest BCUT2D eigenvalue weighted by molar-refractivity contribution is -0.140. The molecule has 2 aromatic carbocycles. The van der Waals surface area contributed by atoms with Crippen LogP contribution in [0.2, 0.25) is 5.02 Å². The van der Waals surface area contributed by atoms with Crippen molar-refractivity contribution in [1.82, 2.24) is 4.90 Å².